The van der Waals surface area contributed by atoms with Crippen molar-refractivity contribution in [3.8, 4) is 0 Å². The number of nitrogens with one attached hydrogen (secondary N) is 4. The van der Waals surface area contributed by atoms with Gasteiger partial charge in [-0.1, -0.05) is 12.1 Å². The summed E-state index contributed by atoms with van der Waals surface area (Å²) < 4.78 is 0. The number of guanidine groups is 1. The molecule has 0 unspecified atom stereocenters. The second-order valence-corrected chi connectivity index (χ2v) is 4.27. The Morgan fingerprint density at radius 1 is 1.35 bits per heavy atom. The Morgan fingerprint density at radius 2 is 2.05 bits per heavy atom. The zero-order valence-corrected chi connectivity index (χ0v) is 11.7. The van der Waals surface area contributed by atoms with Crippen molar-refractivity contribution in [2.24, 2.45) is 5.10 Å². The smallest absolute Gasteiger partial charge is 0.240 e. The van der Waals surface area contributed by atoms with Crippen LogP contribution in [0, 0.1) is 5.41 Å². The normalized spacial score (nSPS) is 9.65. The van der Waals surface area contributed by atoms with Gasteiger partial charge in [0.1, 0.15) is 0 Å². The second kappa shape index (κ2) is 8.68. The van der Waals surface area contributed by atoms with E-state index in [1.54, 1.807) is 0 Å². The third-order valence-electron chi connectivity index (χ3n) is 2.65. The highest BCUT2D eigenvalue weighted by Crippen LogP contribution is 2.11. The predicted molar refractivity (Wildman–Crippen MR) is 82.1 cm³/mol. The van der Waals surface area contributed by atoms with Gasteiger partial charge in [0.25, 0.3) is 0 Å². The summed E-state index contributed by atoms with van der Waals surface area (Å²) in [6.07, 6.45) is 2.03. The summed E-state index contributed by atoms with van der Waals surface area (Å²) in [4.78, 5) is 11.2. The zero-order valence-electron chi connectivity index (χ0n) is 11.7. The van der Waals surface area contributed by atoms with Gasteiger partial charge in [0, 0.05) is 25.4 Å². The number of carbonyl (C=O) groups excluding carboxylic acids is 1. The summed E-state index contributed by atoms with van der Waals surface area (Å²) >= 11 is 0. The summed E-state index contributed by atoms with van der Waals surface area (Å²) in [6, 6.07) is 7.83. The summed E-state index contributed by atoms with van der Waals surface area (Å²) in [5.74, 6) is 0.172. The molecule has 0 aliphatic heterocycles. The summed E-state index contributed by atoms with van der Waals surface area (Å²) in [5.41, 5.74) is 4.33. The number of carbonyl (C=O) groups is 1. The Bertz CT molecular complexity index is 455. The Labute approximate surface area is 119 Å². The van der Waals surface area contributed by atoms with Crippen LogP contribution in [0.3, 0.4) is 0 Å². The standard InChI is InChI=1S/C14H21N5O/c1-3-17-14(15)18-12-9-7-11(8-10-12)5-4-6-13(20)19-16-2/h7-10H,2-6H2,1H3,(H,19,20)(H3,15,17,18). The van der Waals surface area contributed by atoms with Gasteiger partial charge in [0.15, 0.2) is 5.96 Å². The monoisotopic (exact) mass is 275 g/mol. The SMILES string of the molecule is C=NNC(=O)CCCc1ccc(NC(=N)NCC)cc1. The van der Waals surface area contributed by atoms with Gasteiger partial charge in [-0.05, 0) is 37.5 Å². The molecule has 108 valence electrons. The van der Waals surface area contributed by atoms with Crippen LogP contribution < -0.4 is 16.1 Å². The van der Waals surface area contributed by atoms with E-state index in [4.69, 9.17) is 5.41 Å². The van der Waals surface area contributed by atoms with Crippen LogP contribution >= 0.6 is 0 Å². The number of amides is 1. The lowest BCUT2D eigenvalue weighted by atomic mass is 10.1. The van der Waals surface area contributed by atoms with Crippen LogP contribution in [0.4, 0.5) is 5.69 Å². The van der Waals surface area contributed by atoms with Crippen LogP contribution in [0.5, 0.6) is 0 Å². The number of hydrogen-bond donors (Lipinski definition) is 4. The molecule has 6 nitrogen and oxygen atoms in total. The van der Waals surface area contributed by atoms with Gasteiger partial charge < -0.3 is 10.6 Å². The molecule has 0 aliphatic rings. The molecule has 4 N–H and O–H groups in total. The first kappa shape index (κ1) is 15.7. The summed E-state index contributed by atoms with van der Waals surface area (Å²) in [7, 11) is 0. The van der Waals surface area contributed by atoms with E-state index in [0.717, 1.165) is 24.1 Å². The fourth-order valence-corrected chi connectivity index (χ4v) is 1.72. The Kier molecular flexibility index (Phi) is 6.81. The molecule has 0 fully saturated rings. The molecule has 1 rings (SSSR count). The van der Waals surface area contributed by atoms with Crippen molar-refractivity contribution in [1.29, 1.82) is 5.41 Å². The van der Waals surface area contributed by atoms with Crippen molar-refractivity contribution in [3.05, 3.63) is 29.8 Å². The second-order valence-electron chi connectivity index (χ2n) is 4.27. The molecule has 6 heteroatoms. The predicted octanol–water partition coefficient (Wildman–Crippen LogP) is 1.70. The lowest BCUT2D eigenvalue weighted by Gasteiger charge is -2.09. The van der Waals surface area contributed by atoms with Crippen LogP contribution in [-0.2, 0) is 11.2 Å². The number of benzene rings is 1. The molecule has 0 aliphatic carbocycles. The van der Waals surface area contributed by atoms with E-state index in [2.05, 4.69) is 27.9 Å². The van der Waals surface area contributed by atoms with Crippen LogP contribution in [0.2, 0.25) is 0 Å². The van der Waals surface area contributed by atoms with Crippen molar-refractivity contribution in [2.75, 3.05) is 11.9 Å². The average Bonchev–Trinajstić information content (AvgIpc) is 2.41. The molecule has 0 spiro atoms. The van der Waals surface area contributed by atoms with E-state index in [1.165, 1.54) is 0 Å². The van der Waals surface area contributed by atoms with Crippen LogP contribution in [-0.4, -0.2) is 25.1 Å². The molecule has 0 atom stereocenters. The molecule has 1 aromatic rings. The first-order chi connectivity index (χ1) is 9.65. The molecule has 0 bridgehead atoms. The Hall–Kier alpha value is -2.37. The van der Waals surface area contributed by atoms with E-state index in [-0.39, 0.29) is 11.9 Å². The largest absolute Gasteiger partial charge is 0.357 e. The fraction of sp³-hybridized carbons (Fsp3) is 0.357. The van der Waals surface area contributed by atoms with Gasteiger partial charge in [0.2, 0.25) is 5.91 Å². The molecule has 1 aromatic carbocycles. The van der Waals surface area contributed by atoms with Gasteiger partial charge in [-0.2, -0.15) is 5.10 Å². The number of hydrogen-bond acceptors (Lipinski definition) is 3. The molecular formula is C14H21N5O. The third-order valence-corrected chi connectivity index (χ3v) is 2.65. The lowest BCUT2D eigenvalue weighted by Crippen LogP contribution is -2.29. The van der Waals surface area contributed by atoms with Crippen molar-refractivity contribution in [2.45, 2.75) is 26.2 Å². The van der Waals surface area contributed by atoms with Gasteiger partial charge in [-0.3, -0.25) is 10.2 Å². The van der Waals surface area contributed by atoms with E-state index >= 15 is 0 Å². The Balaban J connectivity index is 2.37. The van der Waals surface area contributed by atoms with E-state index < -0.39 is 0 Å². The van der Waals surface area contributed by atoms with E-state index in [0.29, 0.717) is 13.0 Å². The number of hydrazone groups is 1. The minimum Gasteiger partial charge on any atom is -0.357 e. The zero-order chi connectivity index (χ0) is 14.8. The van der Waals surface area contributed by atoms with E-state index in [9.17, 15) is 4.79 Å². The highest BCUT2D eigenvalue weighted by atomic mass is 16.2. The highest BCUT2D eigenvalue weighted by molar-refractivity contribution is 5.91. The van der Waals surface area contributed by atoms with Crippen molar-refractivity contribution in [3.63, 3.8) is 0 Å². The number of nitrogens with zero attached hydrogens (tertiary/aromatic N) is 1. The van der Waals surface area contributed by atoms with Crippen molar-refractivity contribution < 1.29 is 4.79 Å². The van der Waals surface area contributed by atoms with Crippen LogP contribution in [0.15, 0.2) is 29.4 Å². The summed E-state index contributed by atoms with van der Waals surface area (Å²) in [6.45, 7) is 5.86. The molecule has 0 saturated carbocycles. The average molecular weight is 275 g/mol. The maximum atomic E-state index is 11.2. The topological polar surface area (TPSA) is 89.4 Å². The van der Waals surface area contributed by atoms with Gasteiger partial charge in [-0.15, -0.1) is 0 Å². The minimum atomic E-state index is -0.114. The maximum Gasteiger partial charge on any atom is 0.240 e. The number of anilines is 1. The molecule has 0 aromatic heterocycles. The molecule has 0 heterocycles. The quantitative estimate of drug-likeness (QED) is 0.347. The number of aryl methyl sites for hydroxylation is 1. The van der Waals surface area contributed by atoms with E-state index in [1.807, 2.05) is 31.2 Å². The van der Waals surface area contributed by atoms with Gasteiger partial charge in [0.05, 0.1) is 0 Å². The lowest BCUT2D eigenvalue weighted by molar-refractivity contribution is -0.121. The maximum absolute atomic E-state index is 11.2. The minimum absolute atomic E-state index is 0.114. The molecule has 20 heavy (non-hydrogen) atoms. The molecule has 0 saturated heterocycles. The first-order valence-corrected chi connectivity index (χ1v) is 6.58. The van der Waals surface area contributed by atoms with Crippen LogP contribution in [0.25, 0.3) is 0 Å². The Morgan fingerprint density at radius 3 is 2.65 bits per heavy atom. The first-order valence-electron chi connectivity index (χ1n) is 6.58. The molecule has 0 radical (unpaired) electrons. The van der Waals surface area contributed by atoms with Crippen LogP contribution in [0.1, 0.15) is 25.3 Å². The number of rotatable bonds is 7. The van der Waals surface area contributed by atoms with Gasteiger partial charge >= 0.3 is 0 Å². The molecule has 1 amide bonds. The van der Waals surface area contributed by atoms with Crippen molar-refractivity contribution in [1.82, 2.24) is 10.7 Å². The molecular weight excluding hydrogens is 254 g/mol. The van der Waals surface area contributed by atoms with Gasteiger partial charge in [-0.25, -0.2) is 5.43 Å². The highest BCUT2D eigenvalue weighted by Gasteiger charge is 2.01. The third kappa shape index (κ3) is 5.99. The summed E-state index contributed by atoms with van der Waals surface area (Å²) in [5, 5.41) is 16.8. The fourth-order valence-electron chi connectivity index (χ4n) is 1.72. The van der Waals surface area contributed by atoms with Crippen molar-refractivity contribution >= 4 is 24.3 Å².